The van der Waals surface area contributed by atoms with E-state index in [1.54, 1.807) is 54.4 Å². The van der Waals surface area contributed by atoms with Crippen molar-refractivity contribution >= 4 is 12.3 Å². The molecule has 0 unspecified atom stereocenters. The Morgan fingerprint density at radius 1 is 0.781 bits per heavy atom. The molecule has 0 aliphatic heterocycles. The van der Waals surface area contributed by atoms with Crippen LogP contribution in [0.5, 0.6) is 23.0 Å². The van der Waals surface area contributed by atoms with E-state index in [0.29, 0.717) is 36.5 Å². The average Bonchev–Trinajstić information content (AvgIpc) is 2.82. The van der Waals surface area contributed by atoms with Gasteiger partial charge in [0, 0.05) is 23.1 Å². The Labute approximate surface area is 189 Å². The zero-order chi connectivity index (χ0) is 23.9. The van der Waals surface area contributed by atoms with Gasteiger partial charge in [0.15, 0.2) is 0 Å². The maximum atomic E-state index is 11.5. The van der Waals surface area contributed by atoms with Crippen molar-refractivity contribution in [3.05, 3.63) is 59.2 Å². The highest BCUT2D eigenvalue weighted by molar-refractivity contribution is 5.87. The molecule has 0 fully saturated rings. The zero-order valence-electron chi connectivity index (χ0n) is 19.6. The Kier molecular flexibility index (Phi) is 12.0. The predicted molar refractivity (Wildman–Crippen MR) is 123 cm³/mol. The highest BCUT2D eigenvalue weighted by Gasteiger charge is 2.10. The number of allylic oxidation sites excluding steroid dienone is 1. The minimum Gasteiger partial charge on any atom is -0.496 e. The monoisotopic (exact) mass is 444 g/mol. The summed E-state index contributed by atoms with van der Waals surface area (Å²) in [5.74, 6) is 2.56. The molecule has 0 saturated carbocycles. The highest BCUT2D eigenvalue weighted by Crippen LogP contribution is 2.29. The predicted octanol–water partition coefficient (Wildman–Crippen LogP) is 4.20. The normalized spacial score (nSPS) is 10.4. The summed E-state index contributed by atoms with van der Waals surface area (Å²) in [5, 5.41) is 0. The summed E-state index contributed by atoms with van der Waals surface area (Å²) < 4.78 is 25.7. The van der Waals surface area contributed by atoms with Gasteiger partial charge in [-0.25, -0.2) is 4.79 Å². The number of aldehydes is 1. The summed E-state index contributed by atoms with van der Waals surface area (Å²) in [6, 6.07) is 11.0. The van der Waals surface area contributed by atoms with E-state index in [-0.39, 0.29) is 5.97 Å². The quantitative estimate of drug-likeness (QED) is 0.309. The van der Waals surface area contributed by atoms with Gasteiger partial charge >= 0.3 is 5.97 Å². The van der Waals surface area contributed by atoms with Gasteiger partial charge in [-0.2, -0.15) is 0 Å². The summed E-state index contributed by atoms with van der Waals surface area (Å²) in [7, 11) is 6.37. The van der Waals surface area contributed by atoms with Crippen molar-refractivity contribution in [2.75, 3.05) is 35.0 Å². The maximum Gasteiger partial charge on any atom is 0.333 e. The second-order valence-electron chi connectivity index (χ2n) is 6.46. The molecule has 0 spiro atoms. The molecule has 0 heterocycles. The Hall–Kier alpha value is -3.48. The van der Waals surface area contributed by atoms with Gasteiger partial charge in [-0.15, -0.1) is 0 Å². The molecule has 0 aliphatic carbocycles. The number of methoxy groups -OCH3 is 4. The van der Waals surface area contributed by atoms with E-state index in [1.807, 2.05) is 30.3 Å². The minimum absolute atomic E-state index is 0.295. The van der Waals surface area contributed by atoms with Crippen molar-refractivity contribution in [2.24, 2.45) is 0 Å². The molecule has 2 rings (SSSR count). The molecule has 2 aromatic carbocycles. The molecular weight excluding hydrogens is 412 g/mol. The molecule has 7 heteroatoms. The second kappa shape index (κ2) is 14.5. The van der Waals surface area contributed by atoms with E-state index >= 15 is 0 Å². The number of hydrogen-bond donors (Lipinski definition) is 0. The summed E-state index contributed by atoms with van der Waals surface area (Å²) in [6.07, 6.45) is 3.52. The summed E-state index contributed by atoms with van der Waals surface area (Å²) in [4.78, 5) is 21.9. The molecule has 0 saturated heterocycles. The van der Waals surface area contributed by atoms with E-state index in [0.717, 1.165) is 28.9 Å². The zero-order valence-corrected chi connectivity index (χ0v) is 19.6. The molecule has 0 atom stereocenters. The van der Waals surface area contributed by atoms with Crippen LogP contribution in [0, 0.1) is 0 Å². The maximum absolute atomic E-state index is 11.5. The van der Waals surface area contributed by atoms with Crippen LogP contribution in [0.25, 0.3) is 0 Å². The van der Waals surface area contributed by atoms with Crippen LogP contribution in [0.15, 0.2) is 48.0 Å². The van der Waals surface area contributed by atoms with Gasteiger partial charge in [0.2, 0.25) is 0 Å². The molecule has 174 valence electrons. The van der Waals surface area contributed by atoms with Crippen molar-refractivity contribution in [1.82, 2.24) is 0 Å². The first-order valence-electron chi connectivity index (χ1n) is 10.1. The van der Waals surface area contributed by atoms with Gasteiger partial charge < -0.3 is 28.5 Å². The lowest BCUT2D eigenvalue weighted by atomic mass is 10.1. The third kappa shape index (κ3) is 7.65. The van der Waals surface area contributed by atoms with E-state index in [4.69, 9.17) is 23.7 Å². The molecule has 0 amide bonds. The average molecular weight is 445 g/mol. The molecule has 0 bridgehead atoms. The molecule has 0 radical (unpaired) electrons. The summed E-state index contributed by atoms with van der Waals surface area (Å²) in [6.45, 7) is 3.90. The third-order valence-electron chi connectivity index (χ3n) is 4.56. The first kappa shape index (κ1) is 26.6. The smallest absolute Gasteiger partial charge is 0.333 e. The van der Waals surface area contributed by atoms with E-state index in [1.165, 1.54) is 0 Å². The Balaban J connectivity index is 0.000000343. The van der Waals surface area contributed by atoms with Crippen LogP contribution >= 0.6 is 0 Å². The summed E-state index contributed by atoms with van der Waals surface area (Å²) >= 11 is 0. The van der Waals surface area contributed by atoms with Crippen molar-refractivity contribution in [1.29, 1.82) is 0 Å². The first-order chi connectivity index (χ1) is 15.5. The Morgan fingerprint density at radius 2 is 1.19 bits per heavy atom. The van der Waals surface area contributed by atoms with Crippen molar-refractivity contribution < 1.29 is 33.3 Å². The number of carbonyl (C=O) groups is 2. The highest BCUT2D eigenvalue weighted by atomic mass is 16.5. The number of ether oxygens (including phenoxy) is 5. The number of benzene rings is 2. The van der Waals surface area contributed by atoms with Crippen LogP contribution < -0.4 is 18.9 Å². The van der Waals surface area contributed by atoms with Crippen molar-refractivity contribution in [3.63, 3.8) is 0 Å². The summed E-state index contributed by atoms with van der Waals surface area (Å²) in [5.41, 5.74) is 2.29. The van der Waals surface area contributed by atoms with E-state index in [2.05, 4.69) is 0 Å². The Bertz CT molecular complexity index is 859. The molecule has 0 aromatic heterocycles. The lowest BCUT2D eigenvalue weighted by Gasteiger charge is -2.11. The van der Waals surface area contributed by atoms with Crippen molar-refractivity contribution in [2.45, 2.75) is 26.7 Å². The Morgan fingerprint density at radius 3 is 1.53 bits per heavy atom. The standard InChI is InChI=1S/C15H20O4.C10H12O3/c1-5-19-15(16)11(2)9-10-12-13(17-3)7-6-8-14(12)18-4;1-12-9-4-3-5-10(13-2)8(9)6-7-11/h6-9H,5,10H2,1-4H3;3-5,7H,6H2,1-2H3/b11-9+;. The minimum atomic E-state index is -0.295. The molecule has 0 aliphatic rings. The van der Waals surface area contributed by atoms with Crippen LogP contribution in [0.4, 0.5) is 0 Å². The number of rotatable bonds is 10. The van der Waals surface area contributed by atoms with Gasteiger partial charge in [0.1, 0.15) is 29.3 Å². The van der Waals surface area contributed by atoms with Crippen LogP contribution in [0.2, 0.25) is 0 Å². The molecule has 7 nitrogen and oxygen atoms in total. The lowest BCUT2D eigenvalue weighted by Crippen LogP contribution is -2.05. The fourth-order valence-corrected chi connectivity index (χ4v) is 2.93. The van der Waals surface area contributed by atoms with E-state index in [9.17, 15) is 9.59 Å². The second-order valence-corrected chi connectivity index (χ2v) is 6.46. The molecule has 32 heavy (non-hydrogen) atoms. The first-order valence-corrected chi connectivity index (χ1v) is 10.1. The number of hydrogen-bond acceptors (Lipinski definition) is 7. The molecular formula is C25H32O7. The van der Waals surface area contributed by atoms with Gasteiger partial charge in [-0.1, -0.05) is 18.2 Å². The van der Waals surface area contributed by atoms with Crippen molar-refractivity contribution in [3.8, 4) is 23.0 Å². The van der Waals surface area contributed by atoms with Gasteiger partial charge in [0.25, 0.3) is 0 Å². The largest absolute Gasteiger partial charge is 0.496 e. The third-order valence-corrected chi connectivity index (χ3v) is 4.56. The molecule has 2 aromatic rings. The van der Waals surface area contributed by atoms with E-state index < -0.39 is 0 Å². The fourth-order valence-electron chi connectivity index (χ4n) is 2.93. The van der Waals surface area contributed by atoms with Crippen LogP contribution in [0.1, 0.15) is 25.0 Å². The lowest BCUT2D eigenvalue weighted by molar-refractivity contribution is -0.138. The van der Waals surface area contributed by atoms with Crippen LogP contribution in [0.3, 0.4) is 0 Å². The SMILES string of the molecule is CCOC(=O)/C(C)=C/Cc1c(OC)cccc1OC.COc1cccc(OC)c1CC=O. The van der Waals surface area contributed by atoms with Crippen LogP contribution in [-0.4, -0.2) is 47.3 Å². The van der Waals surface area contributed by atoms with Gasteiger partial charge in [0.05, 0.1) is 35.0 Å². The number of carbonyl (C=O) groups excluding carboxylic acids is 2. The topological polar surface area (TPSA) is 80.3 Å². The molecule has 0 N–H and O–H groups in total. The van der Waals surface area contributed by atoms with Gasteiger partial charge in [-0.05, 0) is 44.5 Å². The van der Waals surface area contributed by atoms with Crippen LogP contribution in [-0.2, 0) is 27.2 Å². The number of esters is 1. The fraction of sp³-hybridized carbons (Fsp3) is 0.360. The van der Waals surface area contributed by atoms with Gasteiger partial charge in [-0.3, -0.25) is 0 Å².